The van der Waals surface area contributed by atoms with Gasteiger partial charge in [0.1, 0.15) is 10.3 Å². The number of halogens is 1. The number of aromatic nitrogens is 1. The predicted molar refractivity (Wildman–Crippen MR) is 61.7 cm³/mol. The van der Waals surface area contributed by atoms with Crippen LogP contribution in [0.1, 0.15) is 37.2 Å². The van der Waals surface area contributed by atoms with E-state index in [0.29, 0.717) is 10.3 Å². The Morgan fingerprint density at radius 1 is 1.60 bits per heavy atom. The number of carbonyl (C=O) groups is 1. The van der Waals surface area contributed by atoms with Gasteiger partial charge in [-0.25, -0.2) is 9.78 Å². The van der Waals surface area contributed by atoms with Crippen LogP contribution in [0.15, 0.2) is 22.8 Å². The number of nitrogens with zero attached hydrogens (tertiary/aromatic N) is 1. The first kappa shape index (κ1) is 12.2. The zero-order valence-electron chi connectivity index (χ0n) is 8.87. The highest BCUT2D eigenvalue weighted by Crippen LogP contribution is 2.09. The van der Waals surface area contributed by atoms with Gasteiger partial charge in [-0.15, -0.1) is 0 Å². The lowest BCUT2D eigenvalue weighted by Gasteiger charge is -2.11. The van der Waals surface area contributed by atoms with Crippen LogP contribution in [0, 0.1) is 0 Å². The molecule has 0 aliphatic carbocycles. The average molecular weight is 272 g/mol. The Kier molecular flexibility index (Phi) is 4.75. The molecule has 0 bridgehead atoms. The maximum absolute atomic E-state index is 11.6. The van der Waals surface area contributed by atoms with Gasteiger partial charge in [0, 0.05) is 0 Å². The zero-order chi connectivity index (χ0) is 11.3. The van der Waals surface area contributed by atoms with Gasteiger partial charge in [0.15, 0.2) is 0 Å². The van der Waals surface area contributed by atoms with Gasteiger partial charge in [0.25, 0.3) is 0 Å². The number of esters is 1. The van der Waals surface area contributed by atoms with E-state index in [1.165, 1.54) is 0 Å². The van der Waals surface area contributed by atoms with Crippen molar-refractivity contribution in [1.82, 2.24) is 4.98 Å². The van der Waals surface area contributed by atoms with Crippen LogP contribution in [0.25, 0.3) is 0 Å². The molecule has 0 aliphatic rings. The Morgan fingerprint density at radius 3 is 2.93 bits per heavy atom. The van der Waals surface area contributed by atoms with Crippen molar-refractivity contribution in [3.05, 3.63) is 28.5 Å². The number of hydrogen-bond acceptors (Lipinski definition) is 3. The smallest absolute Gasteiger partial charge is 0.357 e. The third-order valence-corrected chi connectivity index (χ3v) is 2.37. The largest absolute Gasteiger partial charge is 0.458 e. The molecule has 3 nitrogen and oxygen atoms in total. The monoisotopic (exact) mass is 271 g/mol. The molecule has 0 saturated carbocycles. The highest BCUT2D eigenvalue weighted by atomic mass is 79.9. The number of pyridine rings is 1. The summed E-state index contributed by atoms with van der Waals surface area (Å²) < 4.78 is 5.85. The molecule has 0 spiro atoms. The summed E-state index contributed by atoms with van der Waals surface area (Å²) in [4.78, 5) is 15.6. The van der Waals surface area contributed by atoms with Crippen molar-refractivity contribution in [2.45, 2.75) is 32.8 Å². The van der Waals surface area contributed by atoms with E-state index in [0.717, 1.165) is 12.8 Å². The van der Waals surface area contributed by atoms with Gasteiger partial charge >= 0.3 is 5.97 Å². The first-order valence-corrected chi connectivity index (χ1v) is 5.76. The van der Waals surface area contributed by atoms with E-state index in [1.807, 2.05) is 6.92 Å². The first-order valence-electron chi connectivity index (χ1n) is 4.97. The third-order valence-electron chi connectivity index (χ3n) is 1.93. The Labute approximate surface area is 98.0 Å². The summed E-state index contributed by atoms with van der Waals surface area (Å²) >= 11 is 3.21. The summed E-state index contributed by atoms with van der Waals surface area (Å²) in [7, 11) is 0. The Morgan fingerprint density at radius 2 is 2.33 bits per heavy atom. The minimum Gasteiger partial charge on any atom is -0.458 e. The van der Waals surface area contributed by atoms with E-state index >= 15 is 0 Å². The fourth-order valence-corrected chi connectivity index (χ4v) is 1.57. The molecule has 82 valence electrons. The summed E-state index contributed by atoms with van der Waals surface area (Å²) in [5, 5.41) is 0. The molecule has 0 aliphatic heterocycles. The van der Waals surface area contributed by atoms with Gasteiger partial charge in [-0.2, -0.15) is 0 Å². The first-order chi connectivity index (χ1) is 7.13. The average Bonchev–Trinajstić information content (AvgIpc) is 2.18. The second kappa shape index (κ2) is 5.85. The van der Waals surface area contributed by atoms with Crippen molar-refractivity contribution in [2.75, 3.05) is 0 Å². The topological polar surface area (TPSA) is 39.2 Å². The lowest BCUT2D eigenvalue weighted by Crippen LogP contribution is -2.15. The van der Waals surface area contributed by atoms with Gasteiger partial charge in [0.2, 0.25) is 0 Å². The maximum Gasteiger partial charge on any atom is 0.357 e. The van der Waals surface area contributed by atoms with Gasteiger partial charge in [-0.1, -0.05) is 19.4 Å². The van der Waals surface area contributed by atoms with Gasteiger partial charge < -0.3 is 4.74 Å². The molecule has 1 atom stereocenters. The van der Waals surface area contributed by atoms with E-state index in [-0.39, 0.29) is 12.1 Å². The molecule has 0 saturated heterocycles. The Balaban J connectivity index is 2.61. The molecule has 1 aromatic rings. The van der Waals surface area contributed by atoms with E-state index in [9.17, 15) is 4.79 Å². The van der Waals surface area contributed by atoms with Crippen molar-refractivity contribution >= 4 is 21.9 Å². The van der Waals surface area contributed by atoms with Crippen molar-refractivity contribution < 1.29 is 9.53 Å². The minimum absolute atomic E-state index is 0.0525. The molecule has 0 aromatic carbocycles. The second-order valence-electron chi connectivity index (χ2n) is 3.35. The van der Waals surface area contributed by atoms with Crippen LogP contribution >= 0.6 is 15.9 Å². The molecule has 0 radical (unpaired) electrons. The van der Waals surface area contributed by atoms with Crippen molar-refractivity contribution in [3.8, 4) is 0 Å². The van der Waals surface area contributed by atoms with Crippen LogP contribution in [0.3, 0.4) is 0 Å². The van der Waals surface area contributed by atoms with Crippen LogP contribution in [-0.2, 0) is 4.74 Å². The highest BCUT2D eigenvalue weighted by Gasteiger charge is 2.12. The summed E-state index contributed by atoms with van der Waals surface area (Å²) in [5.41, 5.74) is 0.340. The number of rotatable bonds is 4. The van der Waals surface area contributed by atoms with Gasteiger partial charge in [-0.3, -0.25) is 0 Å². The predicted octanol–water partition coefficient (Wildman–Crippen LogP) is 3.19. The standard InChI is InChI=1S/C11H14BrNO2/c1-3-5-8(2)15-11(14)9-6-4-7-10(12)13-9/h4,6-8H,3,5H2,1-2H3. The molecule has 0 N–H and O–H groups in total. The SMILES string of the molecule is CCCC(C)OC(=O)c1cccc(Br)n1. The molecule has 1 unspecified atom stereocenters. The molecular formula is C11H14BrNO2. The molecule has 4 heteroatoms. The number of ether oxygens (including phenoxy) is 1. The van der Waals surface area contributed by atoms with Crippen LogP contribution in [0.4, 0.5) is 0 Å². The Bertz CT molecular complexity index is 341. The maximum atomic E-state index is 11.6. The van der Waals surface area contributed by atoms with Crippen LogP contribution < -0.4 is 0 Å². The highest BCUT2D eigenvalue weighted by molar-refractivity contribution is 9.10. The van der Waals surface area contributed by atoms with Crippen molar-refractivity contribution in [1.29, 1.82) is 0 Å². The fraction of sp³-hybridized carbons (Fsp3) is 0.455. The van der Waals surface area contributed by atoms with Gasteiger partial charge in [-0.05, 0) is 41.4 Å². The van der Waals surface area contributed by atoms with Crippen LogP contribution in [-0.4, -0.2) is 17.1 Å². The molecule has 0 amide bonds. The van der Waals surface area contributed by atoms with Gasteiger partial charge in [0.05, 0.1) is 6.10 Å². The second-order valence-corrected chi connectivity index (χ2v) is 4.16. The molecule has 15 heavy (non-hydrogen) atoms. The van der Waals surface area contributed by atoms with Crippen LogP contribution in [0.5, 0.6) is 0 Å². The Hall–Kier alpha value is -0.900. The lowest BCUT2D eigenvalue weighted by atomic mass is 10.2. The lowest BCUT2D eigenvalue weighted by molar-refractivity contribution is 0.0316. The summed E-state index contributed by atoms with van der Waals surface area (Å²) in [5.74, 6) is -0.364. The fourth-order valence-electron chi connectivity index (χ4n) is 1.23. The summed E-state index contributed by atoms with van der Waals surface area (Å²) in [6.07, 6.45) is 1.82. The normalized spacial score (nSPS) is 12.2. The van der Waals surface area contributed by atoms with Crippen molar-refractivity contribution in [3.63, 3.8) is 0 Å². The van der Waals surface area contributed by atoms with Crippen molar-refractivity contribution in [2.24, 2.45) is 0 Å². The number of hydrogen-bond donors (Lipinski definition) is 0. The molecule has 1 aromatic heterocycles. The molecule has 1 rings (SSSR count). The molecular weight excluding hydrogens is 258 g/mol. The third kappa shape index (κ3) is 4.00. The van der Waals surface area contributed by atoms with E-state index in [2.05, 4.69) is 27.8 Å². The van der Waals surface area contributed by atoms with E-state index in [1.54, 1.807) is 18.2 Å². The summed E-state index contributed by atoms with van der Waals surface area (Å²) in [6.45, 7) is 3.95. The zero-order valence-corrected chi connectivity index (χ0v) is 10.5. The van der Waals surface area contributed by atoms with Crippen LogP contribution in [0.2, 0.25) is 0 Å². The molecule has 0 fully saturated rings. The summed E-state index contributed by atoms with van der Waals surface area (Å²) in [6, 6.07) is 5.18. The minimum atomic E-state index is -0.364. The number of carbonyl (C=O) groups excluding carboxylic acids is 1. The molecule has 1 heterocycles. The quantitative estimate of drug-likeness (QED) is 0.624. The van der Waals surface area contributed by atoms with E-state index in [4.69, 9.17) is 4.74 Å². The van der Waals surface area contributed by atoms with E-state index < -0.39 is 0 Å².